The molecule has 3 rings (SSSR count). The molecule has 1 aromatic carbocycles. The molecule has 3 aromatic rings. The Morgan fingerprint density at radius 2 is 2.05 bits per heavy atom. The Morgan fingerprint density at radius 3 is 2.75 bits per heavy atom. The monoisotopic (exact) mass is 331 g/mol. The van der Waals surface area contributed by atoms with E-state index < -0.39 is 0 Å². The quantitative estimate of drug-likeness (QED) is 0.729. The molecule has 0 saturated carbocycles. The van der Waals surface area contributed by atoms with Crippen LogP contribution in [0.15, 0.2) is 41.1 Å². The molecule has 0 atom stereocenters. The number of hydrogen-bond donors (Lipinski definition) is 1. The van der Waals surface area contributed by atoms with Crippen molar-refractivity contribution in [3.05, 3.63) is 46.7 Å². The number of hydrogen-bond acceptors (Lipinski definition) is 3. The summed E-state index contributed by atoms with van der Waals surface area (Å²) in [6, 6.07) is 7.75. The molecule has 5 heteroatoms. The molecule has 0 spiro atoms. The van der Waals surface area contributed by atoms with E-state index >= 15 is 0 Å². The van der Waals surface area contributed by atoms with Gasteiger partial charge >= 0.3 is 0 Å². The van der Waals surface area contributed by atoms with E-state index in [0.717, 1.165) is 26.9 Å². The van der Waals surface area contributed by atoms with Gasteiger partial charge in [0.1, 0.15) is 11.4 Å². The van der Waals surface area contributed by atoms with E-state index in [1.54, 1.807) is 7.11 Å². The zero-order chi connectivity index (χ0) is 14.3. The zero-order valence-electron chi connectivity index (χ0n) is 11.2. The molecule has 0 bridgehead atoms. The predicted octanol–water partition coefficient (Wildman–Crippen LogP) is 3.66. The van der Waals surface area contributed by atoms with Gasteiger partial charge in [-0.3, -0.25) is 0 Å². The Morgan fingerprint density at radius 1 is 1.25 bits per heavy atom. The SMILES string of the molecule is COc1ccc(-c2cn3cc(Br)cc(C)c3n2)cc1N. The van der Waals surface area contributed by atoms with Gasteiger partial charge in [0.15, 0.2) is 0 Å². The Kier molecular flexibility index (Phi) is 3.14. The van der Waals surface area contributed by atoms with Gasteiger partial charge in [-0.1, -0.05) is 0 Å². The molecule has 2 aromatic heterocycles. The summed E-state index contributed by atoms with van der Waals surface area (Å²) in [4.78, 5) is 4.67. The van der Waals surface area contributed by atoms with Crippen LogP contribution in [-0.4, -0.2) is 16.5 Å². The van der Waals surface area contributed by atoms with Crippen LogP contribution in [0.3, 0.4) is 0 Å². The highest BCUT2D eigenvalue weighted by molar-refractivity contribution is 9.10. The minimum atomic E-state index is 0.611. The number of anilines is 1. The van der Waals surface area contributed by atoms with Crippen molar-refractivity contribution in [2.24, 2.45) is 0 Å². The molecule has 0 fully saturated rings. The highest BCUT2D eigenvalue weighted by Gasteiger charge is 2.09. The number of ether oxygens (including phenoxy) is 1. The van der Waals surface area contributed by atoms with Gasteiger partial charge in [0.05, 0.1) is 18.5 Å². The van der Waals surface area contributed by atoms with Gasteiger partial charge in [-0.25, -0.2) is 4.98 Å². The van der Waals surface area contributed by atoms with Crippen LogP contribution in [-0.2, 0) is 0 Å². The number of benzene rings is 1. The van der Waals surface area contributed by atoms with Gasteiger partial charge in [0.2, 0.25) is 0 Å². The summed E-state index contributed by atoms with van der Waals surface area (Å²) in [7, 11) is 1.61. The fourth-order valence-corrected chi connectivity index (χ4v) is 2.82. The first-order valence-electron chi connectivity index (χ1n) is 6.17. The third-order valence-electron chi connectivity index (χ3n) is 3.23. The number of fused-ring (bicyclic) bond motifs is 1. The third-order valence-corrected chi connectivity index (χ3v) is 3.66. The van der Waals surface area contributed by atoms with Crippen LogP contribution in [0.25, 0.3) is 16.9 Å². The Hall–Kier alpha value is -2.01. The first kappa shape index (κ1) is 13.0. The van der Waals surface area contributed by atoms with Crippen molar-refractivity contribution in [3.8, 4) is 17.0 Å². The summed E-state index contributed by atoms with van der Waals surface area (Å²) >= 11 is 3.49. The van der Waals surface area contributed by atoms with Crippen LogP contribution >= 0.6 is 15.9 Å². The Bertz CT molecular complexity index is 795. The second kappa shape index (κ2) is 4.83. The summed E-state index contributed by atoms with van der Waals surface area (Å²) in [6.45, 7) is 2.04. The molecule has 2 N–H and O–H groups in total. The lowest BCUT2D eigenvalue weighted by molar-refractivity contribution is 0.417. The average molecular weight is 332 g/mol. The highest BCUT2D eigenvalue weighted by Crippen LogP contribution is 2.29. The first-order chi connectivity index (χ1) is 9.58. The van der Waals surface area contributed by atoms with E-state index in [1.807, 2.05) is 41.9 Å². The van der Waals surface area contributed by atoms with Crippen molar-refractivity contribution in [2.75, 3.05) is 12.8 Å². The van der Waals surface area contributed by atoms with Crippen LogP contribution < -0.4 is 10.5 Å². The van der Waals surface area contributed by atoms with E-state index in [0.29, 0.717) is 11.4 Å². The molecule has 0 aliphatic carbocycles. The minimum absolute atomic E-state index is 0.611. The molecule has 0 radical (unpaired) electrons. The number of pyridine rings is 1. The lowest BCUT2D eigenvalue weighted by atomic mass is 10.1. The zero-order valence-corrected chi connectivity index (χ0v) is 12.8. The lowest BCUT2D eigenvalue weighted by Gasteiger charge is -2.05. The number of aryl methyl sites for hydroxylation is 1. The van der Waals surface area contributed by atoms with Crippen molar-refractivity contribution in [2.45, 2.75) is 6.92 Å². The van der Waals surface area contributed by atoms with Gasteiger partial charge < -0.3 is 14.9 Å². The van der Waals surface area contributed by atoms with E-state index in [-0.39, 0.29) is 0 Å². The second-order valence-electron chi connectivity index (χ2n) is 4.66. The number of methoxy groups -OCH3 is 1. The Labute approximate surface area is 125 Å². The number of halogens is 1. The van der Waals surface area contributed by atoms with Gasteiger partial charge in [0.25, 0.3) is 0 Å². The summed E-state index contributed by atoms with van der Waals surface area (Å²) in [5.41, 5.74) is 10.5. The van der Waals surface area contributed by atoms with Gasteiger partial charge in [-0.15, -0.1) is 0 Å². The standard InChI is InChI=1S/C15H14BrN3O/c1-9-5-11(16)7-19-8-13(18-15(9)19)10-3-4-14(20-2)12(17)6-10/h3-8H,17H2,1-2H3. The fraction of sp³-hybridized carbons (Fsp3) is 0.133. The maximum Gasteiger partial charge on any atom is 0.141 e. The van der Waals surface area contributed by atoms with Crippen molar-refractivity contribution >= 4 is 27.3 Å². The van der Waals surface area contributed by atoms with E-state index in [4.69, 9.17) is 10.5 Å². The Balaban J connectivity index is 2.15. The predicted molar refractivity (Wildman–Crippen MR) is 84.0 cm³/mol. The normalized spacial score (nSPS) is 10.9. The molecular weight excluding hydrogens is 318 g/mol. The van der Waals surface area contributed by atoms with Gasteiger partial charge in [0, 0.05) is 22.4 Å². The largest absolute Gasteiger partial charge is 0.495 e. The molecule has 4 nitrogen and oxygen atoms in total. The van der Waals surface area contributed by atoms with E-state index in [1.165, 1.54) is 0 Å². The van der Waals surface area contributed by atoms with Crippen molar-refractivity contribution < 1.29 is 4.74 Å². The number of nitrogens with two attached hydrogens (primary N) is 1. The first-order valence-corrected chi connectivity index (χ1v) is 6.96. The molecule has 20 heavy (non-hydrogen) atoms. The number of nitrogens with zero attached hydrogens (tertiary/aromatic N) is 2. The summed E-state index contributed by atoms with van der Waals surface area (Å²) in [5, 5.41) is 0. The number of nitrogen functional groups attached to an aromatic ring is 1. The number of aromatic nitrogens is 2. The second-order valence-corrected chi connectivity index (χ2v) is 5.57. The summed E-state index contributed by atoms with van der Waals surface area (Å²) in [5.74, 6) is 0.677. The smallest absolute Gasteiger partial charge is 0.141 e. The maximum atomic E-state index is 5.95. The third kappa shape index (κ3) is 2.14. The molecule has 0 unspecified atom stereocenters. The van der Waals surface area contributed by atoms with Crippen LogP contribution in [0.2, 0.25) is 0 Å². The number of rotatable bonds is 2. The topological polar surface area (TPSA) is 52.5 Å². The van der Waals surface area contributed by atoms with Crippen LogP contribution in [0, 0.1) is 6.92 Å². The van der Waals surface area contributed by atoms with Crippen molar-refractivity contribution in [1.29, 1.82) is 0 Å². The van der Waals surface area contributed by atoms with E-state index in [9.17, 15) is 0 Å². The molecule has 0 aliphatic heterocycles. The van der Waals surface area contributed by atoms with Gasteiger partial charge in [-0.2, -0.15) is 0 Å². The minimum Gasteiger partial charge on any atom is -0.495 e. The van der Waals surface area contributed by atoms with E-state index in [2.05, 4.69) is 27.0 Å². The molecule has 102 valence electrons. The molecular formula is C15H14BrN3O. The molecule has 0 amide bonds. The van der Waals surface area contributed by atoms with Crippen molar-refractivity contribution in [3.63, 3.8) is 0 Å². The van der Waals surface area contributed by atoms with Gasteiger partial charge in [-0.05, 0) is 52.7 Å². The van der Waals surface area contributed by atoms with Crippen LogP contribution in [0.5, 0.6) is 5.75 Å². The van der Waals surface area contributed by atoms with Crippen molar-refractivity contribution in [1.82, 2.24) is 9.38 Å². The highest BCUT2D eigenvalue weighted by atomic mass is 79.9. The molecule has 0 aliphatic rings. The van der Waals surface area contributed by atoms with Crippen LogP contribution in [0.4, 0.5) is 5.69 Å². The maximum absolute atomic E-state index is 5.95. The average Bonchev–Trinajstić information content (AvgIpc) is 2.82. The van der Waals surface area contributed by atoms with Crippen LogP contribution in [0.1, 0.15) is 5.56 Å². The summed E-state index contributed by atoms with van der Waals surface area (Å²) < 4.78 is 8.21. The fourth-order valence-electron chi connectivity index (χ4n) is 2.26. The summed E-state index contributed by atoms with van der Waals surface area (Å²) in [6.07, 6.45) is 3.99. The molecule has 2 heterocycles. The number of imidazole rings is 1. The lowest BCUT2D eigenvalue weighted by Crippen LogP contribution is -1.92. The molecule has 0 saturated heterocycles.